The Balaban J connectivity index is 0.00000387. The molecular weight excluding hydrogens is 542 g/mol. The molecule has 1 atom stereocenters. The van der Waals surface area contributed by atoms with Gasteiger partial charge in [-0.15, -0.1) is 12.4 Å². The van der Waals surface area contributed by atoms with E-state index in [4.69, 9.17) is 4.74 Å². The third-order valence-corrected chi connectivity index (χ3v) is 9.00. The number of carbonyl (C=O) groups is 2. The van der Waals surface area contributed by atoms with Crippen LogP contribution in [0.4, 0.5) is 0 Å². The number of nitrogens with one attached hydrogen (secondary N) is 1. The van der Waals surface area contributed by atoms with Crippen LogP contribution in [0.25, 0.3) is 0 Å². The molecule has 3 fully saturated rings. The molecule has 0 bridgehead atoms. The first kappa shape index (κ1) is 31.1. The van der Waals surface area contributed by atoms with E-state index >= 15 is 0 Å². The van der Waals surface area contributed by atoms with Crippen molar-refractivity contribution in [2.24, 2.45) is 0 Å². The molecule has 0 aromatic heterocycles. The lowest BCUT2D eigenvalue weighted by atomic mass is 9.77. The van der Waals surface area contributed by atoms with Gasteiger partial charge in [-0.1, -0.05) is 44.7 Å². The number of phenols is 1. The quantitative estimate of drug-likeness (QED) is 0.376. The minimum absolute atomic E-state index is 0. The zero-order valence-corrected chi connectivity index (χ0v) is 24.8. The highest BCUT2D eigenvalue weighted by Crippen LogP contribution is 2.37. The number of likely N-dealkylation sites (tertiary alicyclic amines) is 1. The number of rotatable bonds is 9. The lowest BCUT2D eigenvalue weighted by molar-refractivity contribution is -0.163. The smallest absolute Gasteiger partial charge is 0.246 e. The van der Waals surface area contributed by atoms with E-state index in [9.17, 15) is 19.8 Å². The van der Waals surface area contributed by atoms with E-state index in [1.54, 1.807) is 24.3 Å². The fourth-order valence-electron chi connectivity index (χ4n) is 6.60. The highest BCUT2D eigenvalue weighted by Gasteiger charge is 2.54. The number of phenolic OH excluding ortho intramolecular Hbond substituents is 1. The first-order valence-electron chi connectivity index (χ1n) is 14.9. The molecule has 2 aliphatic heterocycles. The number of aliphatic hydroxyl groups is 1. The number of nitrogens with zero attached hydrogens (tertiary/aromatic N) is 2. The Kier molecular flexibility index (Phi) is 10.2. The number of hydrogen-bond donors (Lipinski definition) is 3. The van der Waals surface area contributed by atoms with Crippen LogP contribution in [-0.2, 0) is 16.1 Å². The van der Waals surface area contributed by atoms with Crippen LogP contribution in [0.1, 0.15) is 76.7 Å². The molecule has 3 N–H and O–H groups in total. The second kappa shape index (κ2) is 13.4. The van der Waals surface area contributed by atoms with Gasteiger partial charge >= 0.3 is 0 Å². The van der Waals surface area contributed by atoms with Crippen molar-refractivity contribution in [2.45, 2.75) is 94.9 Å². The number of benzene rings is 2. The summed E-state index contributed by atoms with van der Waals surface area (Å²) in [7, 11) is 0. The van der Waals surface area contributed by atoms with Crippen molar-refractivity contribution in [1.29, 1.82) is 0 Å². The standard InChI is InChI=1S/C32H43N3O5.ClH/c1-2-3-19-35-29(37)28(22-31(39)15-5-4-6-16-31)33-30(38)32(35)17-20-34(21-18-32)23-24-7-11-26(12-8-24)40-27-13-9-25(36)10-14-27;/h7-14,28,36,39H,2-6,15-23H2,1H3,(H,33,38);1H/t28-;/m1./s1. The van der Waals surface area contributed by atoms with Gasteiger partial charge in [0.2, 0.25) is 11.8 Å². The molecule has 8 nitrogen and oxygen atoms in total. The Morgan fingerprint density at radius 2 is 1.54 bits per heavy atom. The Bertz CT molecular complexity index is 1160. The number of halogens is 1. The van der Waals surface area contributed by atoms with Crippen molar-refractivity contribution < 1.29 is 24.5 Å². The van der Waals surface area contributed by atoms with Gasteiger partial charge in [-0.05, 0) is 74.1 Å². The van der Waals surface area contributed by atoms with Gasteiger partial charge in [-0.25, -0.2) is 0 Å². The molecular formula is C32H44ClN3O5. The molecule has 2 saturated heterocycles. The number of unbranched alkanes of at least 4 members (excludes halogenated alkanes) is 1. The van der Waals surface area contributed by atoms with Gasteiger partial charge in [0, 0.05) is 32.6 Å². The number of piperazine rings is 1. The average Bonchev–Trinajstić information content (AvgIpc) is 2.95. The molecule has 9 heteroatoms. The summed E-state index contributed by atoms with van der Waals surface area (Å²) in [5.41, 5.74) is -0.515. The number of piperidine rings is 1. The lowest BCUT2D eigenvalue weighted by Crippen LogP contribution is -2.73. The van der Waals surface area contributed by atoms with E-state index in [1.807, 2.05) is 29.2 Å². The highest BCUT2D eigenvalue weighted by atomic mass is 35.5. The largest absolute Gasteiger partial charge is 0.508 e. The minimum Gasteiger partial charge on any atom is -0.508 e. The first-order valence-corrected chi connectivity index (χ1v) is 14.9. The predicted octanol–water partition coefficient (Wildman–Crippen LogP) is 5.15. The van der Waals surface area contributed by atoms with Gasteiger partial charge in [-0.3, -0.25) is 14.5 Å². The first-order chi connectivity index (χ1) is 19.3. The molecule has 0 radical (unpaired) electrons. The highest BCUT2D eigenvalue weighted by molar-refractivity contribution is 6.00. The number of hydrogen-bond acceptors (Lipinski definition) is 6. The Hall–Kier alpha value is -2.81. The summed E-state index contributed by atoms with van der Waals surface area (Å²) < 4.78 is 5.86. The summed E-state index contributed by atoms with van der Waals surface area (Å²) >= 11 is 0. The van der Waals surface area contributed by atoms with Crippen LogP contribution < -0.4 is 10.1 Å². The predicted molar refractivity (Wildman–Crippen MR) is 160 cm³/mol. The molecule has 1 spiro atoms. The zero-order valence-electron chi connectivity index (χ0n) is 24.0. The van der Waals surface area contributed by atoms with E-state index in [0.717, 1.165) is 63.1 Å². The Morgan fingerprint density at radius 1 is 0.927 bits per heavy atom. The van der Waals surface area contributed by atoms with Gasteiger partial charge in [0.05, 0.1) is 5.60 Å². The van der Waals surface area contributed by atoms with E-state index in [2.05, 4.69) is 17.1 Å². The van der Waals surface area contributed by atoms with Crippen molar-refractivity contribution in [3.05, 3.63) is 54.1 Å². The zero-order chi connectivity index (χ0) is 28.2. The molecule has 1 saturated carbocycles. The summed E-state index contributed by atoms with van der Waals surface area (Å²) in [6.45, 7) is 4.90. The second-order valence-electron chi connectivity index (χ2n) is 11.9. The molecule has 5 rings (SSSR count). The third-order valence-electron chi connectivity index (χ3n) is 9.00. The summed E-state index contributed by atoms with van der Waals surface area (Å²) in [4.78, 5) is 31.7. The molecule has 2 aromatic rings. The summed E-state index contributed by atoms with van der Waals surface area (Å²) in [6.07, 6.45) is 7.80. The molecule has 41 heavy (non-hydrogen) atoms. The van der Waals surface area contributed by atoms with Gasteiger partial charge in [0.25, 0.3) is 0 Å². The van der Waals surface area contributed by atoms with Crippen molar-refractivity contribution in [1.82, 2.24) is 15.1 Å². The molecule has 1 aliphatic carbocycles. The topological polar surface area (TPSA) is 102 Å². The molecule has 0 unspecified atom stereocenters. The monoisotopic (exact) mass is 585 g/mol. The van der Waals surface area contributed by atoms with Crippen LogP contribution in [-0.4, -0.2) is 68.6 Å². The SMILES string of the molecule is CCCCN1C(=O)[C@@H](CC2(O)CCCCC2)NC(=O)C12CCN(Cc1ccc(Oc3ccc(O)cc3)cc1)CC2.Cl. The van der Waals surface area contributed by atoms with Gasteiger partial charge in [0.1, 0.15) is 28.8 Å². The van der Waals surface area contributed by atoms with Crippen molar-refractivity contribution in [3.63, 3.8) is 0 Å². The number of aromatic hydroxyl groups is 1. The Morgan fingerprint density at radius 3 is 2.15 bits per heavy atom. The molecule has 2 amide bonds. The maximum Gasteiger partial charge on any atom is 0.246 e. The minimum atomic E-state index is -0.860. The summed E-state index contributed by atoms with van der Waals surface area (Å²) in [5, 5.41) is 23.6. The van der Waals surface area contributed by atoms with Crippen LogP contribution in [0.15, 0.2) is 48.5 Å². The maximum atomic E-state index is 13.8. The molecule has 2 heterocycles. The van der Waals surface area contributed by atoms with Crippen LogP contribution >= 0.6 is 12.4 Å². The fourth-order valence-corrected chi connectivity index (χ4v) is 6.60. The van der Waals surface area contributed by atoms with Gasteiger partial charge < -0.3 is 25.2 Å². The Labute approximate surface area is 249 Å². The normalized spacial score (nSPS) is 22.2. The van der Waals surface area contributed by atoms with Crippen molar-refractivity contribution >= 4 is 24.2 Å². The van der Waals surface area contributed by atoms with E-state index in [0.29, 0.717) is 44.4 Å². The van der Waals surface area contributed by atoms with Gasteiger partial charge in [-0.2, -0.15) is 0 Å². The molecule has 2 aromatic carbocycles. The number of carbonyl (C=O) groups excluding carboxylic acids is 2. The maximum absolute atomic E-state index is 13.8. The van der Waals surface area contributed by atoms with Crippen LogP contribution in [0.3, 0.4) is 0 Å². The summed E-state index contributed by atoms with van der Waals surface area (Å²) in [6, 6.07) is 14.0. The lowest BCUT2D eigenvalue weighted by Gasteiger charge is -2.52. The van der Waals surface area contributed by atoms with E-state index in [1.165, 1.54) is 0 Å². The molecule has 3 aliphatic rings. The number of amides is 2. The van der Waals surface area contributed by atoms with Crippen molar-refractivity contribution in [3.8, 4) is 17.2 Å². The van der Waals surface area contributed by atoms with E-state index in [-0.39, 0.29) is 30.0 Å². The van der Waals surface area contributed by atoms with E-state index < -0.39 is 17.2 Å². The van der Waals surface area contributed by atoms with Gasteiger partial charge in [0.15, 0.2) is 0 Å². The molecule has 224 valence electrons. The third kappa shape index (κ3) is 7.16. The average molecular weight is 586 g/mol. The van der Waals surface area contributed by atoms with Crippen LogP contribution in [0, 0.1) is 0 Å². The second-order valence-corrected chi connectivity index (χ2v) is 11.9. The fraction of sp³-hybridized carbons (Fsp3) is 0.562. The number of ether oxygens (including phenoxy) is 1. The van der Waals surface area contributed by atoms with Crippen LogP contribution in [0.2, 0.25) is 0 Å². The summed E-state index contributed by atoms with van der Waals surface area (Å²) in [5.74, 6) is 1.51. The van der Waals surface area contributed by atoms with Crippen molar-refractivity contribution in [2.75, 3.05) is 19.6 Å². The van der Waals surface area contributed by atoms with Crippen LogP contribution in [0.5, 0.6) is 17.2 Å².